The third-order valence-electron chi connectivity index (χ3n) is 3.40. The molecule has 3 rings (SSSR count). The van der Waals surface area contributed by atoms with Gasteiger partial charge in [0.05, 0.1) is 10.7 Å². The Kier molecular flexibility index (Phi) is 5.25. The Balaban J connectivity index is 1.88. The number of rotatable bonds is 4. The number of nitrogens with zero attached hydrogens (tertiary/aromatic N) is 1. The van der Waals surface area contributed by atoms with Crippen molar-refractivity contribution in [3.05, 3.63) is 64.6 Å². The molecule has 0 unspecified atom stereocenters. The average Bonchev–Trinajstić information content (AvgIpc) is 3.07. The average molecular weight is 390 g/mol. The number of carbonyl (C=O) groups is 2. The van der Waals surface area contributed by atoms with Gasteiger partial charge in [-0.1, -0.05) is 35.3 Å². The minimum Gasteiger partial charge on any atom is -0.443 e. The van der Waals surface area contributed by atoms with E-state index in [9.17, 15) is 9.59 Å². The summed E-state index contributed by atoms with van der Waals surface area (Å²) in [7, 11) is 0. The second-order valence-electron chi connectivity index (χ2n) is 5.37. The van der Waals surface area contributed by atoms with Gasteiger partial charge in [-0.15, -0.1) is 0 Å². The van der Waals surface area contributed by atoms with E-state index < -0.39 is 5.91 Å². The van der Waals surface area contributed by atoms with Crippen molar-refractivity contribution < 1.29 is 14.0 Å². The molecule has 0 bridgehead atoms. The Bertz CT molecular complexity index is 985. The van der Waals surface area contributed by atoms with E-state index in [0.29, 0.717) is 32.7 Å². The van der Waals surface area contributed by atoms with Crippen molar-refractivity contribution in [3.63, 3.8) is 0 Å². The Labute approximate surface area is 159 Å². The topological polar surface area (TPSA) is 84.2 Å². The van der Waals surface area contributed by atoms with Gasteiger partial charge >= 0.3 is 0 Å². The van der Waals surface area contributed by atoms with E-state index in [1.165, 1.54) is 13.3 Å². The minimum absolute atomic E-state index is 0.0910. The maximum absolute atomic E-state index is 12.6. The van der Waals surface area contributed by atoms with Crippen molar-refractivity contribution in [2.75, 3.05) is 10.6 Å². The molecule has 1 aromatic heterocycles. The third-order valence-corrected chi connectivity index (χ3v) is 3.97. The number of benzene rings is 2. The number of oxazole rings is 1. The van der Waals surface area contributed by atoms with E-state index in [1.54, 1.807) is 42.5 Å². The molecule has 3 aromatic rings. The fourth-order valence-electron chi connectivity index (χ4n) is 2.33. The molecule has 0 fully saturated rings. The molecule has 0 aliphatic heterocycles. The molecule has 2 aromatic carbocycles. The van der Waals surface area contributed by atoms with Crippen molar-refractivity contribution in [1.29, 1.82) is 0 Å². The van der Waals surface area contributed by atoms with Gasteiger partial charge in [0.2, 0.25) is 5.91 Å². The Morgan fingerprint density at radius 3 is 2.62 bits per heavy atom. The maximum atomic E-state index is 12.6. The van der Waals surface area contributed by atoms with Crippen molar-refractivity contribution in [2.24, 2.45) is 0 Å². The normalized spacial score (nSPS) is 10.4. The third kappa shape index (κ3) is 4.04. The molecule has 0 aliphatic rings. The summed E-state index contributed by atoms with van der Waals surface area (Å²) in [4.78, 5) is 27.8. The van der Waals surface area contributed by atoms with Crippen molar-refractivity contribution in [2.45, 2.75) is 6.92 Å². The highest BCUT2D eigenvalue weighted by molar-refractivity contribution is 6.34. The van der Waals surface area contributed by atoms with Crippen LogP contribution in [-0.4, -0.2) is 16.8 Å². The van der Waals surface area contributed by atoms with Crippen molar-refractivity contribution in [1.82, 2.24) is 4.98 Å². The number of halogens is 2. The fourth-order valence-corrected chi connectivity index (χ4v) is 2.68. The standard InChI is InChI=1S/C18H13Cl2N3O3/c1-10(24)22-13-5-6-14(20)15(8-13)23-18(25)16-17(26-9-21-16)11-3-2-4-12(19)7-11/h2-9H,1H3,(H,22,24)(H,23,25). The monoisotopic (exact) mass is 389 g/mol. The summed E-state index contributed by atoms with van der Waals surface area (Å²) in [6.07, 6.45) is 1.18. The highest BCUT2D eigenvalue weighted by Gasteiger charge is 2.19. The smallest absolute Gasteiger partial charge is 0.278 e. The van der Waals surface area contributed by atoms with Gasteiger partial charge in [0.25, 0.3) is 5.91 Å². The summed E-state index contributed by atoms with van der Waals surface area (Å²) < 4.78 is 5.35. The molecule has 1 heterocycles. The summed E-state index contributed by atoms with van der Waals surface area (Å²) in [5, 5.41) is 6.13. The molecule has 6 nitrogen and oxygen atoms in total. The summed E-state index contributed by atoms with van der Waals surface area (Å²) in [6, 6.07) is 11.7. The molecular weight excluding hydrogens is 377 g/mol. The van der Waals surface area contributed by atoms with Gasteiger partial charge in [-0.3, -0.25) is 9.59 Å². The second kappa shape index (κ2) is 7.59. The van der Waals surface area contributed by atoms with Crippen LogP contribution in [0.2, 0.25) is 10.0 Å². The van der Waals surface area contributed by atoms with Crippen LogP contribution >= 0.6 is 23.2 Å². The lowest BCUT2D eigenvalue weighted by Crippen LogP contribution is -2.14. The lowest BCUT2D eigenvalue weighted by Gasteiger charge is -2.09. The summed E-state index contributed by atoms with van der Waals surface area (Å²) in [5.74, 6) is -0.445. The van der Waals surface area contributed by atoms with Crippen LogP contribution in [0.25, 0.3) is 11.3 Å². The van der Waals surface area contributed by atoms with Gasteiger partial charge in [-0.05, 0) is 30.3 Å². The molecule has 0 saturated carbocycles. The van der Waals surface area contributed by atoms with Crippen LogP contribution in [0.3, 0.4) is 0 Å². The molecule has 2 N–H and O–H groups in total. The predicted octanol–water partition coefficient (Wildman–Crippen LogP) is 4.86. The quantitative estimate of drug-likeness (QED) is 0.667. The van der Waals surface area contributed by atoms with E-state index in [1.807, 2.05) is 0 Å². The largest absolute Gasteiger partial charge is 0.443 e. The van der Waals surface area contributed by atoms with E-state index in [2.05, 4.69) is 15.6 Å². The molecule has 2 amide bonds. The molecule has 8 heteroatoms. The molecule has 26 heavy (non-hydrogen) atoms. The molecule has 132 valence electrons. The Morgan fingerprint density at radius 2 is 1.88 bits per heavy atom. The second-order valence-corrected chi connectivity index (χ2v) is 6.21. The van der Waals surface area contributed by atoms with Gasteiger partial charge in [0.1, 0.15) is 0 Å². The molecule has 0 spiro atoms. The van der Waals surface area contributed by atoms with Gasteiger partial charge < -0.3 is 15.1 Å². The zero-order chi connectivity index (χ0) is 18.7. The molecule has 0 saturated heterocycles. The van der Waals surface area contributed by atoms with Crippen LogP contribution in [0.15, 0.2) is 53.3 Å². The first-order chi connectivity index (χ1) is 12.4. The lowest BCUT2D eigenvalue weighted by atomic mass is 10.1. The number of carbonyl (C=O) groups excluding carboxylic acids is 2. The van der Waals surface area contributed by atoms with Crippen molar-refractivity contribution >= 4 is 46.4 Å². The summed E-state index contributed by atoms with van der Waals surface area (Å²) >= 11 is 12.1. The number of amides is 2. The maximum Gasteiger partial charge on any atom is 0.278 e. The van der Waals surface area contributed by atoms with Crippen LogP contribution in [0, 0.1) is 0 Å². The molecule has 0 radical (unpaired) electrons. The first-order valence-corrected chi connectivity index (χ1v) is 8.27. The summed E-state index contributed by atoms with van der Waals surface area (Å²) in [5.41, 5.74) is 1.56. The zero-order valence-corrected chi connectivity index (χ0v) is 15.1. The van der Waals surface area contributed by atoms with Gasteiger partial charge in [-0.25, -0.2) is 4.98 Å². The number of aromatic nitrogens is 1. The van der Waals surface area contributed by atoms with Crippen molar-refractivity contribution in [3.8, 4) is 11.3 Å². The van der Waals surface area contributed by atoms with Crippen LogP contribution in [0.4, 0.5) is 11.4 Å². The first-order valence-electron chi connectivity index (χ1n) is 7.52. The fraction of sp³-hybridized carbons (Fsp3) is 0.0556. The van der Waals surface area contributed by atoms with Crippen LogP contribution in [-0.2, 0) is 4.79 Å². The highest BCUT2D eigenvalue weighted by atomic mass is 35.5. The SMILES string of the molecule is CC(=O)Nc1ccc(Cl)c(NC(=O)c2ncoc2-c2cccc(Cl)c2)c1. The van der Waals surface area contributed by atoms with E-state index in [0.717, 1.165) is 0 Å². The van der Waals surface area contributed by atoms with Gasteiger partial charge in [0.15, 0.2) is 17.8 Å². The highest BCUT2D eigenvalue weighted by Crippen LogP contribution is 2.29. The van der Waals surface area contributed by atoms with Gasteiger partial charge in [-0.2, -0.15) is 0 Å². The lowest BCUT2D eigenvalue weighted by molar-refractivity contribution is -0.114. The molecule has 0 aliphatic carbocycles. The van der Waals surface area contributed by atoms with Crippen LogP contribution in [0.5, 0.6) is 0 Å². The first kappa shape index (κ1) is 18.0. The Morgan fingerprint density at radius 1 is 1.08 bits per heavy atom. The van der Waals surface area contributed by atoms with Gasteiger partial charge in [0, 0.05) is 23.2 Å². The number of hydrogen-bond donors (Lipinski definition) is 2. The van der Waals surface area contributed by atoms with Crippen LogP contribution < -0.4 is 10.6 Å². The van der Waals surface area contributed by atoms with E-state index in [4.69, 9.17) is 27.6 Å². The molecule has 0 atom stereocenters. The van der Waals surface area contributed by atoms with E-state index >= 15 is 0 Å². The summed E-state index contributed by atoms with van der Waals surface area (Å²) in [6.45, 7) is 1.39. The number of anilines is 2. The predicted molar refractivity (Wildman–Crippen MR) is 101 cm³/mol. The zero-order valence-electron chi connectivity index (χ0n) is 13.5. The molecular formula is C18H13Cl2N3O3. The number of nitrogens with one attached hydrogen (secondary N) is 2. The Hall–Kier alpha value is -2.83. The van der Waals surface area contributed by atoms with Crippen LogP contribution in [0.1, 0.15) is 17.4 Å². The minimum atomic E-state index is -0.504. The number of hydrogen-bond acceptors (Lipinski definition) is 4. The van der Waals surface area contributed by atoms with E-state index in [-0.39, 0.29) is 11.6 Å².